The highest BCUT2D eigenvalue weighted by atomic mass is 79.9. The molecule has 0 fully saturated rings. The zero-order valence-corrected chi connectivity index (χ0v) is 21.2. The zero-order chi connectivity index (χ0) is 24.7. The van der Waals surface area contributed by atoms with Gasteiger partial charge < -0.3 is 14.8 Å². The molecule has 0 aliphatic carbocycles. The van der Waals surface area contributed by atoms with Crippen LogP contribution in [0.25, 0.3) is 0 Å². The average Bonchev–Trinajstić information content (AvgIpc) is 2.80. The molecular formula is C25H23BrClN3O4. The molecule has 0 aromatic heterocycles. The fraction of sp³-hybridized carbons (Fsp3) is 0.160. The lowest BCUT2D eigenvalue weighted by atomic mass is 10.1. The Balaban J connectivity index is 1.62. The molecule has 3 aromatic carbocycles. The number of ether oxygens (including phenoxy) is 2. The maximum absolute atomic E-state index is 12.3. The third-order valence-corrected chi connectivity index (χ3v) is 5.69. The van der Waals surface area contributed by atoms with Gasteiger partial charge in [-0.2, -0.15) is 5.10 Å². The van der Waals surface area contributed by atoms with Crippen molar-refractivity contribution in [1.29, 1.82) is 0 Å². The second-order valence-corrected chi connectivity index (χ2v) is 8.70. The van der Waals surface area contributed by atoms with Crippen LogP contribution in [0.4, 0.5) is 5.69 Å². The number of amides is 2. The number of carbonyl (C=O) groups is 2. The lowest BCUT2D eigenvalue weighted by Gasteiger charge is -2.13. The summed E-state index contributed by atoms with van der Waals surface area (Å²) in [7, 11) is 1.46. The molecule has 0 radical (unpaired) electrons. The molecule has 0 spiro atoms. The topological polar surface area (TPSA) is 89.0 Å². The van der Waals surface area contributed by atoms with Gasteiger partial charge in [0.25, 0.3) is 11.8 Å². The number of aryl methyl sites for hydroxylation is 2. The molecule has 2 amide bonds. The summed E-state index contributed by atoms with van der Waals surface area (Å²) in [5.74, 6) is -0.123. The molecule has 0 bridgehead atoms. The Bertz CT molecular complexity index is 1230. The second-order valence-electron chi connectivity index (χ2n) is 7.38. The first-order valence-electron chi connectivity index (χ1n) is 10.2. The van der Waals surface area contributed by atoms with Gasteiger partial charge in [0.05, 0.1) is 18.3 Å². The number of methoxy groups -OCH3 is 1. The minimum absolute atomic E-state index is 0.232. The molecule has 34 heavy (non-hydrogen) atoms. The molecule has 0 heterocycles. The van der Waals surface area contributed by atoms with Gasteiger partial charge in [0.2, 0.25) is 0 Å². The van der Waals surface area contributed by atoms with Crippen LogP contribution in [0.2, 0.25) is 5.02 Å². The minimum Gasteiger partial charge on any atom is -0.493 e. The predicted octanol–water partition coefficient (Wildman–Crippen LogP) is 5.51. The molecule has 9 heteroatoms. The molecule has 3 rings (SSSR count). The van der Waals surface area contributed by atoms with Gasteiger partial charge in [0.1, 0.15) is 0 Å². The van der Waals surface area contributed by atoms with Gasteiger partial charge in [0.15, 0.2) is 18.1 Å². The summed E-state index contributed by atoms with van der Waals surface area (Å²) in [5, 5.41) is 6.99. The average molecular weight is 545 g/mol. The van der Waals surface area contributed by atoms with E-state index in [0.717, 1.165) is 15.6 Å². The molecule has 0 aliphatic rings. The van der Waals surface area contributed by atoms with Crippen molar-refractivity contribution in [3.05, 3.63) is 86.3 Å². The molecule has 0 saturated heterocycles. The number of halogens is 2. The van der Waals surface area contributed by atoms with Crippen molar-refractivity contribution in [3.8, 4) is 11.5 Å². The van der Waals surface area contributed by atoms with Crippen LogP contribution in [0.1, 0.15) is 27.0 Å². The fourth-order valence-electron chi connectivity index (χ4n) is 2.94. The number of benzene rings is 3. The van der Waals surface area contributed by atoms with Gasteiger partial charge in [-0.15, -0.1) is 0 Å². The number of rotatable bonds is 8. The van der Waals surface area contributed by atoms with Gasteiger partial charge in [0, 0.05) is 15.7 Å². The van der Waals surface area contributed by atoms with Crippen LogP contribution in [0.5, 0.6) is 11.5 Å². The van der Waals surface area contributed by atoms with Gasteiger partial charge >= 0.3 is 0 Å². The second kappa shape index (κ2) is 11.7. The Morgan fingerprint density at radius 1 is 1.06 bits per heavy atom. The van der Waals surface area contributed by atoms with Crippen LogP contribution in [0.15, 0.2) is 64.2 Å². The SMILES string of the molecule is COc1cc(/C=N/NC(=O)c2ccc(Br)cc2)cc(Cl)c1OCC(=O)Nc1ccc(C)c(C)c1. The Labute approximate surface area is 211 Å². The molecule has 3 aromatic rings. The number of hydrazone groups is 1. The van der Waals surface area contributed by atoms with E-state index in [2.05, 4.69) is 31.8 Å². The highest BCUT2D eigenvalue weighted by Crippen LogP contribution is 2.36. The van der Waals surface area contributed by atoms with E-state index in [0.29, 0.717) is 22.6 Å². The highest BCUT2D eigenvalue weighted by molar-refractivity contribution is 9.10. The number of anilines is 1. The summed E-state index contributed by atoms with van der Waals surface area (Å²) in [6, 6.07) is 15.8. The number of hydrogen-bond acceptors (Lipinski definition) is 5. The van der Waals surface area contributed by atoms with Crippen LogP contribution in [0.3, 0.4) is 0 Å². The molecule has 0 atom stereocenters. The van der Waals surface area contributed by atoms with E-state index in [-0.39, 0.29) is 29.2 Å². The third kappa shape index (κ3) is 6.82. The van der Waals surface area contributed by atoms with Gasteiger partial charge in [-0.1, -0.05) is 33.6 Å². The summed E-state index contributed by atoms with van der Waals surface area (Å²) < 4.78 is 11.9. The third-order valence-electron chi connectivity index (χ3n) is 4.88. The summed E-state index contributed by atoms with van der Waals surface area (Å²) >= 11 is 9.68. The monoisotopic (exact) mass is 543 g/mol. The highest BCUT2D eigenvalue weighted by Gasteiger charge is 2.14. The summed E-state index contributed by atoms with van der Waals surface area (Å²) in [5.41, 5.74) is 6.41. The number of nitrogens with zero attached hydrogens (tertiary/aromatic N) is 1. The van der Waals surface area contributed by atoms with Crippen LogP contribution < -0.4 is 20.2 Å². The quantitative estimate of drug-likeness (QED) is 0.289. The lowest BCUT2D eigenvalue weighted by Crippen LogP contribution is -2.20. The van der Waals surface area contributed by atoms with E-state index >= 15 is 0 Å². The van der Waals surface area contributed by atoms with E-state index in [1.807, 2.05) is 32.0 Å². The molecule has 0 saturated carbocycles. The van der Waals surface area contributed by atoms with Crippen molar-refractivity contribution in [1.82, 2.24) is 5.43 Å². The van der Waals surface area contributed by atoms with E-state index in [1.165, 1.54) is 13.3 Å². The summed E-state index contributed by atoms with van der Waals surface area (Å²) in [4.78, 5) is 24.5. The molecular weight excluding hydrogens is 522 g/mol. The van der Waals surface area contributed by atoms with E-state index < -0.39 is 0 Å². The van der Waals surface area contributed by atoms with Crippen LogP contribution in [-0.4, -0.2) is 31.7 Å². The summed E-state index contributed by atoms with van der Waals surface area (Å²) in [6.45, 7) is 3.73. The van der Waals surface area contributed by atoms with Crippen LogP contribution >= 0.6 is 27.5 Å². The van der Waals surface area contributed by atoms with Crippen molar-refractivity contribution >= 4 is 51.2 Å². The normalized spacial score (nSPS) is 10.7. The molecule has 0 unspecified atom stereocenters. The van der Waals surface area contributed by atoms with Crippen molar-refractivity contribution in [2.24, 2.45) is 5.10 Å². The summed E-state index contributed by atoms with van der Waals surface area (Å²) in [6.07, 6.45) is 1.43. The van der Waals surface area contributed by atoms with Gasteiger partial charge in [-0.25, -0.2) is 5.43 Å². The smallest absolute Gasteiger partial charge is 0.271 e. The maximum Gasteiger partial charge on any atom is 0.271 e. The van der Waals surface area contributed by atoms with E-state index in [1.54, 1.807) is 36.4 Å². The lowest BCUT2D eigenvalue weighted by molar-refractivity contribution is -0.118. The number of carbonyl (C=O) groups excluding carboxylic acids is 2. The fourth-order valence-corrected chi connectivity index (χ4v) is 3.48. The Morgan fingerprint density at radius 3 is 2.47 bits per heavy atom. The van der Waals surface area contributed by atoms with Gasteiger partial charge in [-0.3, -0.25) is 9.59 Å². The Kier molecular flexibility index (Phi) is 8.67. The standard InChI is InChI=1S/C25H23BrClN3O4/c1-15-4-9-20(10-16(15)2)29-23(31)14-34-24-21(27)11-17(12-22(24)33-3)13-28-30-25(32)18-5-7-19(26)8-6-18/h4-13H,14H2,1-3H3,(H,29,31)(H,30,32)/b28-13+. The van der Waals surface area contributed by atoms with Crippen LogP contribution in [-0.2, 0) is 4.79 Å². The van der Waals surface area contributed by atoms with Crippen molar-refractivity contribution in [2.75, 3.05) is 19.0 Å². The molecule has 2 N–H and O–H groups in total. The number of hydrogen-bond donors (Lipinski definition) is 2. The van der Waals surface area contributed by atoms with Crippen LogP contribution in [0, 0.1) is 13.8 Å². The molecule has 176 valence electrons. The van der Waals surface area contributed by atoms with Gasteiger partial charge in [-0.05, 0) is 79.1 Å². The first kappa shape index (κ1) is 25.3. The predicted molar refractivity (Wildman–Crippen MR) is 137 cm³/mol. The minimum atomic E-state index is -0.350. The van der Waals surface area contributed by atoms with Crippen molar-refractivity contribution in [2.45, 2.75) is 13.8 Å². The van der Waals surface area contributed by atoms with Crippen molar-refractivity contribution < 1.29 is 19.1 Å². The van der Waals surface area contributed by atoms with E-state index in [4.69, 9.17) is 21.1 Å². The zero-order valence-electron chi connectivity index (χ0n) is 18.8. The first-order valence-corrected chi connectivity index (χ1v) is 11.4. The molecule has 7 nitrogen and oxygen atoms in total. The maximum atomic E-state index is 12.3. The van der Waals surface area contributed by atoms with E-state index in [9.17, 15) is 9.59 Å². The Morgan fingerprint density at radius 2 is 1.79 bits per heavy atom. The van der Waals surface area contributed by atoms with Crippen molar-refractivity contribution in [3.63, 3.8) is 0 Å². The number of nitrogens with one attached hydrogen (secondary N) is 2. The first-order chi connectivity index (χ1) is 16.3. The molecule has 0 aliphatic heterocycles. The largest absolute Gasteiger partial charge is 0.493 e. The Hall–Kier alpha value is -3.36.